The molecule has 0 amide bonds. The summed E-state index contributed by atoms with van der Waals surface area (Å²) in [5.74, 6) is -3.09. The van der Waals surface area contributed by atoms with Crippen LogP contribution in [0.3, 0.4) is 0 Å². The standard InChI is InChI=1S/C17H30F6O6Si3/c1-30(2,3)28-32(7,29-31(4,5)6)12-8-11-26-13(24)9-10-14(25)27-15(16(18,19)20)17(21,22)23/h9-10,15H,8,11-12H2,1-7H3/b10-9+. The molecule has 0 aliphatic rings. The van der Waals surface area contributed by atoms with E-state index in [0.29, 0.717) is 18.5 Å². The number of carbonyl (C=O) groups excluding carboxylic acids is 2. The van der Waals surface area contributed by atoms with E-state index in [-0.39, 0.29) is 12.7 Å². The molecular weight excluding hydrogens is 498 g/mol. The molecule has 188 valence electrons. The van der Waals surface area contributed by atoms with E-state index < -0.39 is 55.6 Å². The Hall–Kier alpha value is -1.17. The average molecular weight is 529 g/mol. The van der Waals surface area contributed by atoms with Gasteiger partial charge in [0.2, 0.25) is 0 Å². The highest BCUT2D eigenvalue weighted by molar-refractivity contribution is 6.87. The molecular formula is C17H30F6O6Si3. The zero-order valence-electron chi connectivity index (χ0n) is 19.1. The first-order chi connectivity index (χ1) is 14.0. The predicted octanol–water partition coefficient (Wildman–Crippen LogP) is 5.29. The van der Waals surface area contributed by atoms with Crippen LogP contribution >= 0.6 is 0 Å². The fraction of sp³-hybridized carbons (Fsp3) is 0.765. The van der Waals surface area contributed by atoms with Crippen LogP contribution in [0.4, 0.5) is 26.3 Å². The highest BCUT2D eigenvalue weighted by Gasteiger charge is 2.59. The summed E-state index contributed by atoms with van der Waals surface area (Å²) in [4.78, 5) is 22.9. The Bertz CT molecular complexity index is 638. The van der Waals surface area contributed by atoms with Gasteiger partial charge in [0.05, 0.1) is 6.61 Å². The summed E-state index contributed by atoms with van der Waals surface area (Å²) in [5.41, 5.74) is 0. The van der Waals surface area contributed by atoms with Gasteiger partial charge in [0.1, 0.15) is 0 Å². The minimum absolute atomic E-state index is 0.0986. The van der Waals surface area contributed by atoms with Crippen molar-refractivity contribution >= 4 is 37.1 Å². The molecule has 0 saturated heterocycles. The van der Waals surface area contributed by atoms with Gasteiger partial charge in [-0.05, 0) is 58.3 Å². The van der Waals surface area contributed by atoms with Crippen molar-refractivity contribution in [2.75, 3.05) is 6.61 Å². The van der Waals surface area contributed by atoms with Crippen LogP contribution in [0.15, 0.2) is 12.2 Å². The summed E-state index contributed by atoms with van der Waals surface area (Å²) < 4.78 is 94.9. The van der Waals surface area contributed by atoms with Gasteiger partial charge in [0.15, 0.2) is 16.6 Å². The third kappa shape index (κ3) is 14.1. The second kappa shape index (κ2) is 11.3. The quantitative estimate of drug-likeness (QED) is 0.119. The van der Waals surface area contributed by atoms with E-state index in [4.69, 9.17) is 13.0 Å². The molecule has 0 bridgehead atoms. The smallest absolute Gasteiger partial charge is 0.434 e. The molecule has 15 heteroatoms. The molecule has 0 unspecified atom stereocenters. The van der Waals surface area contributed by atoms with Crippen LogP contribution in [0.1, 0.15) is 6.42 Å². The van der Waals surface area contributed by atoms with E-state index in [1.807, 2.05) is 45.8 Å². The monoisotopic (exact) mass is 528 g/mol. The van der Waals surface area contributed by atoms with Crippen molar-refractivity contribution in [1.82, 2.24) is 0 Å². The molecule has 0 aliphatic heterocycles. The van der Waals surface area contributed by atoms with E-state index in [1.54, 1.807) is 0 Å². The van der Waals surface area contributed by atoms with Gasteiger partial charge < -0.3 is 17.7 Å². The number of hydrogen-bond acceptors (Lipinski definition) is 6. The van der Waals surface area contributed by atoms with Crippen molar-refractivity contribution in [2.24, 2.45) is 0 Å². The number of alkyl halides is 6. The van der Waals surface area contributed by atoms with Gasteiger partial charge in [-0.15, -0.1) is 0 Å². The zero-order chi connectivity index (χ0) is 25.6. The van der Waals surface area contributed by atoms with Gasteiger partial charge in [-0.1, -0.05) is 0 Å². The van der Waals surface area contributed by atoms with E-state index in [2.05, 4.69) is 4.74 Å². The summed E-state index contributed by atoms with van der Waals surface area (Å²) >= 11 is 0. The second-order valence-electron chi connectivity index (χ2n) is 9.07. The fourth-order valence-electron chi connectivity index (χ4n) is 2.64. The van der Waals surface area contributed by atoms with Crippen LogP contribution in [-0.2, 0) is 27.3 Å². The van der Waals surface area contributed by atoms with Crippen molar-refractivity contribution in [1.29, 1.82) is 0 Å². The van der Waals surface area contributed by atoms with Gasteiger partial charge in [0.25, 0.3) is 6.10 Å². The van der Waals surface area contributed by atoms with E-state index in [0.717, 1.165) is 0 Å². The lowest BCUT2D eigenvalue weighted by Gasteiger charge is -2.38. The number of ether oxygens (including phenoxy) is 2. The number of carbonyl (C=O) groups is 2. The topological polar surface area (TPSA) is 71.1 Å². The lowest BCUT2D eigenvalue weighted by Crippen LogP contribution is -2.52. The average Bonchev–Trinajstić information content (AvgIpc) is 2.48. The molecule has 6 nitrogen and oxygen atoms in total. The molecule has 0 rings (SSSR count). The molecule has 0 spiro atoms. The Balaban J connectivity index is 4.76. The molecule has 0 heterocycles. The molecule has 0 fully saturated rings. The van der Waals surface area contributed by atoms with Gasteiger partial charge in [-0.3, -0.25) is 0 Å². The maximum absolute atomic E-state index is 12.4. The van der Waals surface area contributed by atoms with Gasteiger partial charge in [0, 0.05) is 12.2 Å². The Morgan fingerprint density at radius 2 is 1.19 bits per heavy atom. The first-order valence-electron chi connectivity index (χ1n) is 9.63. The van der Waals surface area contributed by atoms with Crippen LogP contribution in [0, 0.1) is 0 Å². The van der Waals surface area contributed by atoms with Gasteiger partial charge in [-0.2, -0.15) is 26.3 Å². The molecule has 0 atom stereocenters. The van der Waals surface area contributed by atoms with Crippen molar-refractivity contribution in [3.05, 3.63) is 12.2 Å². The van der Waals surface area contributed by atoms with Crippen molar-refractivity contribution < 1.29 is 53.6 Å². The van der Waals surface area contributed by atoms with E-state index >= 15 is 0 Å². The molecule has 0 radical (unpaired) electrons. The minimum Gasteiger partial charge on any atom is -0.463 e. The first kappa shape index (κ1) is 30.8. The van der Waals surface area contributed by atoms with Crippen LogP contribution in [0.25, 0.3) is 0 Å². The highest BCUT2D eigenvalue weighted by Crippen LogP contribution is 2.35. The van der Waals surface area contributed by atoms with Crippen molar-refractivity contribution in [3.63, 3.8) is 0 Å². The third-order valence-corrected chi connectivity index (χ3v) is 12.9. The molecule has 0 N–H and O–H groups in total. The molecule has 0 saturated carbocycles. The molecule has 32 heavy (non-hydrogen) atoms. The fourth-order valence-corrected chi connectivity index (χ4v) is 15.2. The summed E-state index contributed by atoms with van der Waals surface area (Å²) in [6, 6.07) is 0.513. The summed E-state index contributed by atoms with van der Waals surface area (Å²) in [6.45, 7) is 14.0. The predicted molar refractivity (Wildman–Crippen MR) is 112 cm³/mol. The number of esters is 2. The largest absolute Gasteiger partial charge is 0.463 e. The Kier molecular flexibility index (Phi) is 10.9. The Morgan fingerprint density at radius 3 is 1.56 bits per heavy atom. The first-order valence-corrected chi connectivity index (χ1v) is 19.0. The molecule has 0 aromatic heterocycles. The van der Waals surface area contributed by atoms with E-state index in [1.165, 1.54) is 0 Å². The third-order valence-electron chi connectivity index (χ3n) is 3.25. The van der Waals surface area contributed by atoms with E-state index in [9.17, 15) is 35.9 Å². The van der Waals surface area contributed by atoms with Crippen molar-refractivity contribution in [3.8, 4) is 0 Å². The van der Waals surface area contributed by atoms with Gasteiger partial charge in [-0.25, -0.2) is 9.59 Å². The summed E-state index contributed by atoms with van der Waals surface area (Å²) in [7, 11) is -6.38. The maximum Gasteiger partial charge on any atom is 0.434 e. The summed E-state index contributed by atoms with van der Waals surface area (Å²) in [6.07, 6.45) is -15.0. The number of halogens is 6. The van der Waals surface area contributed by atoms with Crippen LogP contribution in [0.5, 0.6) is 0 Å². The number of rotatable bonds is 11. The number of hydrogen-bond donors (Lipinski definition) is 0. The molecule has 0 aliphatic carbocycles. The molecule has 0 aromatic rings. The highest BCUT2D eigenvalue weighted by atomic mass is 28.5. The van der Waals surface area contributed by atoms with Crippen LogP contribution in [0.2, 0.25) is 51.9 Å². The van der Waals surface area contributed by atoms with Crippen molar-refractivity contribution in [2.45, 2.75) is 76.8 Å². The SMILES string of the molecule is C[Si](C)(C)O[Si](C)(CCCOC(=O)/C=C/C(=O)OC(C(F)(F)F)C(F)(F)F)O[Si](C)(C)C. The lowest BCUT2D eigenvalue weighted by atomic mass is 10.3. The normalized spacial score (nSPS) is 14.2. The minimum atomic E-state index is -5.84. The van der Waals surface area contributed by atoms with Crippen LogP contribution < -0.4 is 0 Å². The lowest BCUT2D eigenvalue weighted by molar-refractivity contribution is -0.312. The maximum atomic E-state index is 12.4. The molecule has 0 aromatic carbocycles. The van der Waals surface area contributed by atoms with Crippen LogP contribution in [-0.4, -0.2) is 62.2 Å². The Morgan fingerprint density at radius 1 is 0.781 bits per heavy atom. The Labute approximate surface area is 186 Å². The van der Waals surface area contributed by atoms with Gasteiger partial charge >= 0.3 is 32.9 Å². The second-order valence-corrected chi connectivity index (χ2v) is 21.9. The summed E-state index contributed by atoms with van der Waals surface area (Å²) in [5, 5.41) is 0. The zero-order valence-corrected chi connectivity index (χ0v) is 22.1.